The maximum Gasteiger partial charge on any atom is 0.410 e. The molecular formula is C63H100N8O14. The minimum Gasteiger partial charge on any atom is -0.445 e. The van der Waals surface area contributed by atoms with Gasteiger partial charge in [-0.1, -0.05) is 118 Å². The number of Topliss-reactive ketones (excluding diaryl/α,β-unsaturated/α-hetero) is 3. The average molecular weight is 1190 g/mol. The number of aliphatic hydroxyl groups excluding tert-OH is 1. The minimum atomic E-state index is -0.954. The van der Waals surface area contributed by atoms with Crippen LogP contribution < -0.4 is 27.6 Å². The fraction of sp³-hybridized carbons (Fsp3) is 0.667. The lowest BCUT2D eigenvalue weighted by molar-refractivity contribution is -0.149. The highest BCUT2D eigenvalue weighted by molar-refractivity contribution is 5.97. The number of hydrogen-bond acceptors (Lipinski definition) is 15. The number of hydrogen-bond donors (Lipinski definition) is 6. The fourth-order valence-corrected chi connectivity index (χ4v) is 11.6. The number of ketones is 3. The third kappa shape index (κ3) is 21.8. The van der Waals surface area contributed by atoms with Crippen LogP contribution in [0.4, 0.5) is 15.3 Å². The molecule has 1 heterocycles. The van der Waals surface area contributed by atoms with Gasteiger partial charge in [0.15, 0.2) is 11.6 Å². The predicted octanol–water partition coefficient (Wildman–Crippen LogP) is 6.75. The molecule has 3 rings (SSSR count). The van der Waals surface area contributed by atoms with Crippen molar-refractivity contribution in [1.82, 2.24) is 25.3 Å². The first-order chi connectivity index (χ1) is 40.1. The quantitative estimate of drug-likeness (QED) is 0.0301. The van der Waals surface area contributed by atoms with Crippen molar-refractivity contribution in [3.05, 3.63) is 65.7 Å². The summed E-state index contributed by atoms with van der Waals surface area (Å²) in [7, 11) is 6.24. The Kier molecular flexibility index (Phi) is 30.9. The van der Waals surface area contributed by atoms with E-state index in [-0.39, 0.29) is 110 Å². The lowest BCUT2D eigenvalue weighted by Crippen LogP contribution is -2.54. The van der Waals surface area contributed by atoms with E-state index in [2.05, 4.69) is 20.8 Å². The average Bonchev–Trinajstić information content (AvgIpc) is 4.23. The second kappa shape index (κ2) is 36.0. The number of carbonyl (C=O) groups is 9. The third-order valence-electron chi connectivity index (χ3n) is 16.7. The number of benzene rings is 2. The van der Waals surface area contributed by atoms with Crippen molar-refractivity contribution < 1.29 is 67.3 Å². The summed E-state index contributed by atoms with van der Waals surface area (Å²) in [6.07, 6.45) is -0.667. The molecule has 0 bridgehead atoms. The molecule has 1 aliphatic rings. The molecule has 12 atom stereocenters. The lowest BCUT2D eigenvalue weighted by atomic mass is 9.83. The summed E-state index contributed by atoms with van der Waals surface area (Å²) in [6, 6.07) is 12.2. The first kappa shape index (κ1) is 72.9. The van der Waals surface area contributed by atoms with Crippen LogP contribution in [0.25, 0.3) is 0 Å². The Morgan fingerprint density at radius 2 is 1.41 bits per heavy atom. The molecule has 2 aromatic carbocycles. The molecule has 476 valence electrons. The number of likely N-dealkylation sites (N-methyl/N-ethyl adjacent to an activating group) is 2. The topological polar surface area (TPSA) is 309 Å². The Balaban J connectivity index is 1.71. The van der Waals surface area contributed by atoms with Crippen molar-refractivity contribution in [1.29, 1.82) is 0 Å². The van der Waals surface area contributed by atoms with Gasteiger partial charge in [0.2, 0.25) is 23.6 Å². The highest BCUT2D eigenvalue weighted by Gasteiger charge is 2.44. The number of likely N-dealkylation sites (tertiary alicyclic amines) is 1. The number of nitrogens with one attached hydrogen (secondary N) is 3. The number of rotatable bonds is 37. The molecule has 22 nitrogen and oxygen atoms in total. The van der Waals surface area contributed by atoms with Gasteiger partial charge < -0.3 is 55.7 Å². The maximum absolute atomic E-state index is 14.8. The van der Waals surface area contributed by atoms with Gasteiger partial charge in [-0.15, -0.1) is 0 Å². The van der Waals surface area contributed by atoms with Crippen molar-refractivity contribution in [2.75, 3.05) is 53.3 Å². The van der Waals surface area contributed by atoms with Crippen LogP contribution >= 0.6 is 0 Å². The Morgan fingerprint density at radius 3 is 1.96 bits per heavy atom. The molecule has 1 aliphatic heterocycles. The first-order valence-electron chi connectivity index (χ1n) is 30.0. The predicted molar refractivity (Wildman–Crippen MR) is 323 cm³/mol. The smallest absolute Gasteiger partial charge is 0.410 e. The standard InChI is InChI=1S/C63H100N8O14/c1-15-40(8)57(52(82-13)34-54(76)71-30-20-24-48(71)59(83-14)42(10)49(72)31-41(9)58(77)44-21-17-16-18-22-44)69(11)61(79)47(37(2)3)33-51(74)56(39(6)7)70(12)63(81)84-35-43-25-27-46(28-26-43)67-60(78)45(23-19-29-66-62(64)80)32-50(73)55(38(4)5)68-53(75)36-85-65/h16-18,21-22,25-28,37-42,45,47-48,52,55-59,77H,15,19-20,23-24,29-36,65H2,1-14H3,(H,67,78)(H,68,75)(H3,64,66,80)/t40-,41-,42-,45+,47-,48-,52+,55-,56-,57-,58+,59+/m0/s1. The molecule has 8 N–H and O–H groups in total. The van der Waals surface area contributed by atoms with Gasteiger partial charge in [0.05, 0.1) is 48.9 Å². The SMILES string of the molecule is CC[C@H](C)[C@@H]([C@@H](CC(=O)N1CCC[C@H]1[C@H](OC)[C@@H](C)C(=O)C[C@H](C)[C@@H](O)c1ccccc1)OC)N(C)C(=O)[C@@H](CC(=O)[C@H](C(C)C)N(C)C(=O)OCc1ccc(NC(=O)[C@H](CCCNC(N)=O)CC(=O)[C@@H](NC(=O)CON)C(C)C)cc1)C(C)C. The number of primary amides is 1. The van der Waals surface area contributed by atoms with E-state index < -0.39 is 84.7 Å². The minimum absolute atomic E-state index is 0.0482. The van der Waals surface area contributed by atoms with Gasteiger partial charge in [-0.3, -0.25) is 38.4 Å². The normalized spacial score (nSPS) is 17.3. The molecular weight excluding hydrogens is 1090 g/mol. The van der Waals surface area contributed by atoms with Crippen molar-refractivity contribution in [2.45, 2.75) is 176 Å². The Bertz CT molecular complexity index is 2480. The first-order valence-corrected chi connectivity index (χ1v) is 30.0. The zero-order valence-electron chi connectivity index (χ0n) is 52.8. The van der Waals surface area contributed by atoms with Gasteiger partial charge >= 0.3 is 12.1 Å². The number of nitrogens with two attached hydrogens (primary N) is 2. The molecule has 0 saturated carbocycles. The summed E-state index contributed by atoms with van der Waals surface area (Å²) >= 11 is 0. The van der Waals surface area contributed by atoms with Crippen molar-refractivity contribution in [2.24, 2.45) is 59.0 Å². The largest absolute Gasteiger partial charge is 0.445 e. The lowest BCUT2D eigenvalue weighted by Gasteiger charge is -2.41. The Morgan fingerprint density at radius 1 is 0.765 bits per heavy atom. The van der Waals surface area contributed by atoms with Crippen LogP contribution in [0.15, 0.2) is 54.6 Å². The number of aliphatic hydroxyl groups is 1. The molecule has 0 aromatic heterocycles. The van der Waals surface area contributed by atoms with Crippen molar-refractivity contribution in [3.63, 3.8) is 0 Å². The molecule has 7 amide bonds. The molecule has 1 fully saturated rings. The van der Waals surface area contributed by atoms with Crippen LogP contribution in [0.1, 0.15) is 144 Å². The van der Waals surface area contributed by atoms with E-state index in [1.165, 1.54) is 19.1 Å². The molecule has 0 aliphatic carbocycles. The number of carbonyl (C=O) groups excluding carboxylic acids is 9. The van der Waals surface area contributed by atoms with E-state index in [1.54, 1.807) is 62.1 Å². The van der Waals surface area contributed by atoms with E-state index in [0.29, 0.717) is 43.5 Å². The van der Waals surface area contributed by atoms with Crippen molar-refractivity contribution >= 4 is 58.8 Å². The van der Waals surface area contributed by atoms with E-state index in [1.807, 2.05) is 85.7 Å². The monoisotopic (exact) mass is 1190 g/mol. The van der Waals surface area contributed by atoms with Gasteiger partial charge in [-0.05, 0) is 78.5 Å². The Labute approximate surface area is 503 Å². The summed E-state index contributed by atoms with van der Waals surface area (Å²) in [4.78, 5) is 131. The summed E-state index contributed by atoms with van der Waals surface area (Å²) in [5.74, 6) is -0.932. The number of amides is 7. The third-order valence-corrected chi connectivity index (χ3v) is 16.7. The van der Waals surface area contributed by atoms with Crippen LogP contribution in [0.2, 0.25) is 0 Å². The van der Waals surface area contributed by atoms with Crippen LogP contribution in [-0.2, 0) is 59.2 Å². The molecule has 0 radical (unpaired) electrons. The molecule has 1 saturated heterocycles. The van der Waals surface area contributed by atoms with Crippen LogP contribution in [0.5, 0.6) is 0 Å². The van der Waals surface area contributed by atoms with Gasteiger partial charge in [-0.25, -0.2) is 15.5 Å². The number of anilines is 1. The zero-order chi connectivity index (χ0) is 63.8. The van der Waals surface area contributed by atoms with Gasteiger partial charge in [0.1, 0.15) is 19.0 Å². The summed E-state index contributed by atoms with van der Waals surface area (Å²) < 4.78 is 17.8. The number of urea groups is 1. The highest BCUT2D eigenvalue weighted by Crippen LogP contribution is 2.33. The van der Waals surface area contributed by atoms with Crippen LogP contribution in [-0.4, -0.2) is 157 Å². The summed E-state index contributed by atoms with van der Waals surface area (Å²) in [5.41, 5.74) is 6.90. The molecule has 0 spiro atoms. The second-order valence-corrected chi connectivity index (χ2v) is 24.1. The van der Waals surface area contributed by atoms with E-state index in [4.69, 9.17) is 25.8 Å². The zero-order valence-corrected chi connectivity index (χ0v) is 52.8. The summed E-state index contributed by atoms with van der Waals surface area (Å²) in [5, 5.41) is 18.9. The van der Waals surface area contributed by atoms with Crippen molar-refractivity contribution in [3.8, 4) is 0 Å². The van der Waals surface area contributed by atoms with Crippen LogP contribution in [0.3, 0.4) is 0 Å². The molecule has 85 heavy (non-hydrogen) atoms. The molecule has 0 unspecified atom stereocenters. The number of methoxy groups -OCH3 is 2. The van der Waals surface area contributed by atoms with Gasteiger partial charge in [0.25, 0.3) is 0 Å². The summed E-state index contributed by atoms with van der Waals surface area (Å²) in [6.45, 7) is 18.5. The van der Waals surface area contributed by atoms with E-state index >= 15 is 0 Å². The number of nitrogens with zero attached hydrogens (tertiary/aromatic N) is 3. The maximum atomic E-state index is 14.8. The number of ether oxygens (including phenoxy) is 3. The fourth-order valence-electron chi connectivity index (χ4n) is 11.6. The molecule has 22 heteroatoms. The highest BCUT2D eigenvalue weighted by atomic mass is 16.6. The van der Waals surface area contributed by atoms with Gasteiger partial charge in [-0.2, -0.15) is 0 Å². The molecule has 2 aromatic rings. The van der Waals surface area contributed by atoms with E-state index in [9.17, 15) is 48.3 Å². The van der Waals surface area contributed by atoms with Gasteiger partial charge in [0, 0.05) is 84.1 Å². The van der Waals surface area contributed by atoms with E-state index in [0.717, 1.165) is 5.56 Å². The van der Waals surface area contributed by atoms with Crippen LogP contribution in [0, 0.1) is 47.3 Å². The second-order valence-electron chi connectivity index (χ2n) is 24.1. The Hall–Kier alpha value is -6.33.